The van der Waals surface area contributed by atoms with Crippen LogP contribution < -0.4 is 21.3 Å². The number of carbonyl (C=O) groups excluding carboxylic acids is 2. The molecule has 0 saturated heterocycles. The van der Waals surface area contributed by atoms with Gasteiger partial charge in [-0.2, -0.15) is 0 Å². The number of methoxy groups -OCH3 is 1. The van der Waals surface area contributed by atoms with Crippen molar-refractivity contribution in [3.8, 4) is 5.75 Å². The highest BCUT2D eigenvalue weighted by molar-refractivity contribution is 6.06. The molecule has 22 heavy (non-hydrogen) atoms. The summed E-state index contributed by atoms with van der Waals surface area (Å²) in [6, 6.07) is 14.0. The molecular weight excluding hydrogens is 282 g/mol. The van der Waals surface area contributed by atoms with Gasteiger partial charge in [-0.3, -0.25) is 15.0 Å². The van der Waals surface area contributed by atoms with Crippen LogP contribution in [0.5, 0.6) is 5.75 Å². The van der Waals surface area contributed by atoms with Crippen LogP contribution in [-0.4, -0.2) is 18.9 Å². The van der Waals surface area contributed by atoms with Crippen LogP contribution in [0.4, 0.5) is 5.69 Å². The fourth-order valence-electron chi connectivity index (χ4n) is 1.97. The molecule has 0 fully saturated rings. The zero-order valence-electron chi connectivity index (χ0n) is 12.1. The number of ether oxygens (including phenoxy) is 1. The molecule has 2 rings (SSSR count). The van der Waals surface area contributed by atoms with Gasteiger partial charge in [0.05, 0.1) is 19.1 Å². The van der Waals surface area contributed by atoms with Gasteiger partial charge in [0.15, 0.2) is 0 Å². The number of rotatable bonds is 5. The van der Waals surface area contributed by atoms with Crippen LogP contribution in [0, 0.1) is 0 Å². The van der Waals surface area contributed by atoms with E-state index in [2.05, 4.69) is 10.7 Å². The van der Waals surface area contributed by atoms with E-state index in [4.69, 9.17) is 10.6 Å². The molecule has 0 unspecified atom stereocenters. The minimum Gasteiger partial charge on any atom is -0.496 e. The fraction of sp³-hybridized carbons (Fsp3) is 0.125. The molecule has 0 radical (unpaired) electrons. The molecule has 114 valence electrons. The highest BCUT2D eigenvalue weighted by atomic mass is 16.5. The summed E-state index contributed by atoms with van der Waals surface area (Å²) in [5.74, 6) is 5.02. The molecule has 6 heteroatoms. The third-order valence-corrected chi connectivity index (χ3v) is 3.09. The Labute approximate surface area is 128 Å². The van der Waals surface area contributed by atoms with Crippen molar-refractivity contribution < 1.29 is 14.3 Å². The number of benzene rings is 2. The smallest absolute Gasteiger partial charge is 0.259 e. The molecule has 0 aromatic heterocycles. The van der Waals surface area contributed by atoms with Crippen molar-refractivity contribution >= 4 is 17.5 Å². The van der Waals surface area contributed by atoms with Crippen molar-refractivity contribution in [1.29, 1.82) is 0 Å². The second kappa shape index (κ2) is 7.24. The van der Waals surface area contributed by atoms with Gasteiger partial charge < -0.3 is 10.1 Å². The lowest BCUT2D eigenvalue weighted by molar-refractivity contribution is -0.120. The van der Waals surface area contributed by atoms with Crippen LogP contribution in [-0.2, 0) is 11.2 Å². The van der Waals surface area contributed by atoms with Gasteiger partial charge in [0.1, 0.15) is 5.75 Å². The van der Waals surface area contributed by atoms with Gasteiger partial charge >= 0.3 is 0 Å². The first-order chi connectivity index (χ1) is 10.6. The number of amides is 2. The van der Waals surface area contributed by atoms with E-state index in [1.54, 1.807) is 48.5 Å². The van der Waals surface area contributed by atoms with Gasteiger partial charge in [0.25, 0.3) is 5.91 Å². The number of hydrogen-bond acceptors (Lipinski definition) is 4. The summed E-state index contributed by atoms with van der Waals surface area (Å²) in [6.07, 6.45) is 0.192. The number of nitrogens with one attached hydrogen (secondary N) is 2. The summed E-state index contributed by atoms with van der Waals surface area (Å²) in [6.45, 7) is 0. The molecule has 0 heterocycles. The zero-order chi connectivity index (χ0) is 15.9. The Morgan fingerprint density at radius 2 is 1.77 bits per heavy atom. The predicted octanol–water partition coefficient (Wildman–Crippen LogP) is 1.48. The van der Waals surface area contributed by atoms with Crippen molar-refractivity contribution in [2.75, 3.05) is 12.4 Å². The highest BCUT2D eigenvalue weighted by Crippen LogP contribution is 2.19. The average Bonchev–Trinajstić information content (AvgIpc) is 2.56. The van der Waals surface area contributed by atoms with Crippen LogP contribution in [0.1, 0.15) is 15.9 Å². The third kappa shape index (κ3) is 3.83. The van der Waals surface area contributed by atoms with Gasteiger partial charge in [-0.05, 0) is 29.8 Å². The SMILES string of the molecule is COc1ccccc1C(=O)Nc1ccc(CC(=O)NN)cc1. The monoisotopic (exact) mass is 299 g/mol. The van der Waals surface area contributed by atoms with E-state index >= 15 is 0 Å². The number of hydrazine groups is 1. The van der Waals surface area contributed by atoms with E-state index in [1.807, 2.05) is 0 Å². The van der Waals surface area contributed by atoms with Crippen molar-refractivity contribution in [3.05, 3.63) is 59.7 Å². The van der Waals surface area contributed by atoms with E-state index in [0.717, 1.165) is 5.56 Å². The van der Waals surface area contributed by atoms with Crippen molar-refractivity contribution in [2.24, 2.45) is 5.84 Å². The lowest BCUT2D eigenvalue weighted by Gasteiger charge is -2.09. The fourth-order valence-corrected chi connectivity index (χ4v) is 1.97. The number of nitrogens with two attached hydrogens (primary N) is 1. The summed E-state index contributed by atoms with van der Waals surface area (Å²) >= 11 is 0. The van der Waals surface area contributed by atoms with Gasteiger partial charge in [0.2, 0.25) is 5.91 Å². The molecule has 6 nitrogen and oxygen atoms in total. The Hall–Kier alpha value is -2.86. The minimum atomic E-state index is -0.272. The predicted molar refractivity (Wildman–Crippen MR) is 83.4 cm³/mol. The quantitative estimate of drug-likeness (QED) is 0.443. The topological polar surface area (TPSA) is 93.4 Å². The van der Waals surface area contributed by atoms with Crippen molar-refractivity contribution in [1.82, 2.24) is 5.43 Å². The molecule has 2 aromatic carbocycles. The number of hydrogen-bond donors (Lipinski definition) is 3. The zero-order valence-corrected chi connectivity index (χ0v) is 12.1. The van der Waals surface area contributed by atoms with Crippen LogP contribution >= 0.6 is 0 Å². The summed E-state index contributed by atoms with van der Waals surface area (Å²) in [5.41, 5.74) is 3.96. The van der Waals surface area contributed by atoms with E-state index in [-0.39, 0.29) is 18.2 Å². The van der Waals surface area contributed by atoms with Crippen LogP contribution in [0.15, 0.2) is 48.5 Å². The Balaban J connectivity index is 2.07. The van der Waals surface area contributed by atoms with Crippen LogP contribution in [0.2, 0.25) is 0 Å². The normalized spacial score (nSPS) is 9.91. The Morgan fingerprint density at radius 3 is 2.41 bits per heavy atom. The molecule has 0 spiro atoms. The lowest BCUT2D eigenvalue weighted by atomic mass is 10.1. The van der Waals surface area contributed by atoms with E-state index in [0.29, 0.717) is 17.0 Å². The summed E-state index contributed by atoms with van der Waals surface area (Å²) in [7, 11) is 1.52. The van der Waals surface area contributed by atoms with E-state index < -0.39 is 0 Å². The Bertz CT molecular complexity index is 669. The largest absolute Gasteiger partial charge is 0.496 e. The molecule has 0 bridgehead atoms. The molecule has 0 aliphatic carbocycles. The van der Waals surface area contributed by atoms with Crippen molar-refractivity contribution in [3.63, 3.8) is 0 Å². The number of anilines is 1. The third-order valence-electron chi connectivity index (χ3n) is 3.09. The summed E-state index contributed by atoms with van der Waals surface area (Å²) < 4.78 is 5.16. The molecule has 0 aliphatic rings. The molecule has 2 amide bonds. The van der Waals surface area contributed by atoms with Gasteiger partial charge in [-0.15, -0.1) is 0 Å². The maximum Gasteiger partial charge on any atom is 0.259 e. The lowest BCUT2D eigenvalue weighted by Crippen LogP contribution is -2.31. The standard InChI is InChI=1S/C16H17N3O3/c1-22-14-5-3-2-4-13(14)16(21)18-12-8-6-11(7-9-12)10-15(20)19-17/h2-9H,10,17H2,1H3,(H,18,21)(H,19,20). The van der Waals surface area contributed by atoms with E-state index in [9.17, 15) is 9.59 Å². The molecular formula is C16H17N3O3. The molecule has 0 aliphatic heterocycles. The Kier molecular flexibility index (Phi) is 5.11. The first kappa shape index (κ1) is 15.5. The maximum absolute atomic E-state index is 12.2. The summed E-state index contributed by atoms with van der Waals surface area (Å²) in [4.78, 5) is 23.4. The second-order valence-electron chi connectivity index (χ2n) is 4.60. The Morgan fingerprint density at radius 1 is 1.09 bits per heavy atom. The molecule has 4 N–H and O–H groups in total. The molecule has 0 atom stereocenters. The van der Waals surface area contributed by atoms with Gasteiger partial charge in [-0.25, -0.2) is 5.84 Å². The highest BCUT2D eigenvalue weighted by Gasteiger charge is 2.11. The van der Waals surface area contributed by atoms with Crippen LogP contribution in [0.25, 0.3) is 0 Å². The second-order valence-corrected chi connectivity index (χ2v) is 4.60. The first-order valence-electron chi connectivity index (χ1n) is 6.67. The van der Waals surface area contributed by atoms with Gasteiger partial charge in [0, 0.05) is 5.69 Å². The molecule has 2 aromatic rings. The average molecular weight is 299 g/mol. The van der Waals surface area contributed by atoms with Gasteiger partial charge in [-0.1, -0.05) is 24.3 Å². The van der Waals surface area contributed by atoms with Crippen molar-refractivity contribution in [2.45, 2.75) is 6.42 Å². The number of carbonyl (C=O) groups is 2. The first-order valence-corrected chi connectivity index (χ1v) is 6.67. The molecule has 0 saturated carbocycles. The van der Waals surface area contributed by atoms with E-state index in [1.165, 1.54) is 7.11 Å². The summed E-state index contributed by atoms with van der Waals surface area (Å²) in [5, 5.41) is 2.78. The number of para-hydroxylation sites is 1. The maximum atomic E-state index is 12.2. The minimum absolute atomic E-state index is 0.192. The van der Waals surface area contributed by atoms with Crippen LogP contribution in [0.3, 0.4) is 0 Å².